The van der Waals surface area contributed by atoms with Crippen LogP contribution in [-0.4, -0.2) is 60.4 Å². The van der Waals surface area contributed by atoms with E-state index in [9.17, 15) is 14.0 Å². The molecule has 6 heteroatoms. The molecular weight excluding hydrogens is 321 g/mol. The molecule has 3 rings (SSSR count). The van der Waals surface area contributed by atoms with Crippen molar-refractivity contribution in [1.82, 2.24) is 15.1 Å². The summed E-state index contributed by atoms with van der Waals surface area (Å²) >= 11 is 0. The Morgan fingerprint density at radius 3 is 2.28 bits per heavy atom. The Bertz CT molecular complexity index is 618. The summed E-state index contributed by atoms with van der Waals surface area (Å²) < 4.78 is 13.0. The van der Waals surface area contributed by atoms with Crippen LogP contribution in [-0.2, 0) is 16.0 Å². The summed E-state index contributed by atoms with van der Waals surface area (Å²) in [7, 11) is 2.05. The van der Waals surface area contributed by atoms with Crippen molar-refractivity contribution < 1.29 is 14.0 Å². The van der Waals surface area contributed by atoms with Gasteiger partial charge in [-0.05, 0) is 37.6 Å². The summed E-state index contributed by atoms with van der Waals surface area (Å²) in [5.74, 6) is -0.428. The van der Waals surface area contributed by atoms with Gasteiger partial charge in [0.15, 0.2) is 0 Å². The van der Waals surface area contributed by atoms with Crippen LogP contribution < -0.4 is 5.32 Å². The van der Waals surface area contributed by atoms with Gasteiger partial charge in [0.1, 0.15) is 11.4 Å². The molecule has 136 valence electrons. The van der Waals surface area contributed by atoms with Crippen LogP contribution in [0.4, 0.5) is 4.39 Å². The Kier molecular flexibility index (Phi) is 5.37. The Balaban J connectivity index is 1.66. The number of piperazine rings is 1. The van der Waals surface area contributed by atoms with Crippen LogP contribution in [0.15, 0.2) is 24.3 Å². The maximum atomic E-state index is 13.1. The zero-order chi connectivity index (χ0) is 17.9. The molecule has 5 nitrogen and oxygen atoms in total. The molecular formula is C19H26FN3O2. The van der Waals surface area contributed by atoms with Gasteiger partial charge in [0.2, 0.25) is 11.8 Å². The predicted octanol–water partition coefficient (Wildman–Crippen LogP) is 1.57. The second kappa shape index (κ2) is 7.52. The van der Waals surface area contributed by atoms with Crippen molar-refractivity contribution in [2.45, 2.75) is 37.6 Å². The Hall–Kier alpha value is -1.95. The van der Waals surface area contributed by atoms with E-state index in [2.05, 4.69) is 17.3 Å². The quantitative estimate of drug-likeness (QED) is 0.900. The molecule has 2 aliphatic rings. The highest BCUT2D eigenvalue weighted by atomic mass is 19.1. The molecule has 1 aliphatic heterocycles. The number of hydrogen-bond acceptors (Lipinski definition) is 3. The lowest BCUT2D eigenvalue weighted by molar-refractivity contribution is -0.143. The highest BCUT2D eigenvalue weighted by Crippen LogP contribution is 2.32. The minimum absolute atomic E-state index is 0.0607. The van der Waals surface area contributed by atoms with E-state index in [0.717, 1.165) is 31.5 Å². The molecule has 2 amide bonds. The summed E-state index contributed by atoms with van der Waals surface area (Å²) in [4.78, 5) is 29.7. The standard InChI is InChI=1S/C19H26FN3O2/c1-22-10-12-23(13-11-22)18(25)19(8-2-3-9-19)21-17(24)14-15-4-6-16(20)7-5-15/h4-7H,2-3,8-14H2,1H3,(H,21,24). The van der Waals surface area contributed by atoms with E-state index in [4.69, 9.17) is 0 Å². The number of hydrogen-bond donors (Lipinski definition) is 1. The molecule has 1 aromatic rings. The number of carbonyl (C=O) groups excluding carboxylic acids is 2. The molecule has 0 aromatic heterocycles. The first-order chi connectivity index (χ1) is 12.0. The van der Waals surface area contributed by atoms with Crippen LogP contribution in [0.3, 0.4) is 0 Å². The average Bonchev–Trinajstić information content (AvgIpc) is 3.06. The van der Waals surface area contributed by atoms with Crippen molar-refractivity contribution in [3.8, 4) is 0 Å². The number of nitrogens with zero attached hydrogens (tertiary/aromatic N) is 2. The van der Waals surface area contributed by atoms with Gasteiger partial charge in [-0.25, -0.2) is 4.39 Å². The van der Waals surface area contributed by atoms with Crippen molar-refractivity contribution in [1.29, 1.82) is 0 Å². The fraction of sp³-hybridized carbons (Fsp3) is 0.579. The number of nitrogens with one attached hydrogen (secondary N) is 1. The van der Waals surface area contributed by atoms with E-state index in [1.807, 2.05) is 4.90 Å². The highest BCUT2D eigenvalue weighted by molar-refractivity contribution is 5.92. The number of carbonyl (C=O) groups is 2. The van der Waals surface area contributed by atoms with Crippen LogP contribution >= 0.6 is 0 Å². The molecule has 0 bridgehead atoms. The van der Waals surface area contributed by atoms with Crippen LogP contribution in [0.25, 0.3) is 0 Å². The van der Waals surface area contributed by atoms with E-state index in [1.165, 1.54) is 12.1 Å². The van der Waals surface area contributed by atoms with Gasteiger partial charge in [0.05, 0.1) is 6.42 Å². The summed E-state index contributed by atoms with van der Waals surface area (Å²) in [6.45, 7) is 3.16. The minimum Gasteiger partial charge on any atom is -0.341 e. The maximum absolute atomic E-state index is 13.1. The smallest absolute Gasteiger partial charge is 0.248 e. The zero-order valence-electron chi connectivity index (χ0n) is 14.8. The molecule has 1 saturated heterocycles. The first-order valence-electron chi connectivity index (χ1n) is 9.02. The number of rotatable bonds is 4. The predicted molar refractivity (Wildman–Crippen MR) is 93.5 cm³/mol. The van der Waals surface area contributed by atoms with E-state index in [0.29, 0.717) is 25.9 Å². The molecule has 0 unspecified atom stereocenters. The third-order valence-electron chi connectivity index (χ3n) is 5.31. The third kappa shape index (κ3) is 4.18. The summed E-state index contributed by atoms with van der Waals surface area (Å²) in [6.07, 6.45) is 3.48. The van der Waals surface area contributed by atoms with Gasteiger partial charge in [-0.3, -0.25) is 9.59 Å². The van der Waals surface area contributed by atoms with Crippen LogP contribution in [0.1, 0.15) is 31.2 Å². The Morgan fingerprint density at radius 1 is 1.08 bits per heavy atom. The van der Waals surface area contributed by atoms with Gasteiger partial charge < -0.3 is 15.1 Å². The third-order valence-corrected chi connectivity index (χ3v) is 5.31. The number of halogens is 1. The molecule has 2 fully saturated rings. The van der Waals surface area contributed by atoms with E-state index in [-0.39, 0.29) is 24.1 Å². The number of benzene rings is 1. The number of amides is 2. The minimum atomic E-state index is -0.757. The molecule has 1 saturated carbocycles. The normalized spacial score (nSPS) is 20.5. The van der Waals surface area contributed by atoms with Crippen molar-refractivity contribution in [2.24, 2.45) is 0 Å². The lowest BCUT2D eigenvalue weighted by Crippen LogP contribution is -2.61. The lowest BCUT2D eigenvalue weighted by atomic mass is 9.94. The van der Waals surface area contributed by atoms with Gasteiger partial charge in [-0.1, -0.05) is 25.0 Å². The van der Waals surface area contributed by atoms with Gasteiger partial charge in [0.25, 0.3) is 0 Å². The molecule has 1 heterocycles. The Morgan fingerprint density at radius 2 is 1.68 bits per heavy atom. The molecule has 1 N–H and O–H groups in total. The fourth-order valence-corrected chi connectivity index (χ4v) is 3.78. The van der Waals surface area contributed by atoms with Crippen molar-refractivity contribution in [3.05, 3.63) is 35.6 Å². The first kappa shape index (κ1) is 17.9. The van der Waals surface area contributed by atoms with Gasteiger partial charge in [-0.2, -0.15) is 0 Å². The Labute approximate surface area is 148 Å². The second-order valence-corrected chi connectivity index (χ2v) is 7.24. The molecule has 1 aromatic carbocycles. The first-order valence-corrected chi connectivity index (χ1v) is 9.02. The summed E-state index contributed by atoms with van der Waals surface area (Å²) in [6, 6.07) is 5.92. The van der Waals surface area contributed by atoms with Crippen LogP contribution in [0.5, 0.6) is 0 Å². The van der Waals surface area contributed by atoms with Gasteiger partial charge >= 0.3 is 0 Å². The average molecular weight is 347 g/mol. The van der Waals surface area contributed by atoms with E-state index >= 15 is 0 Å². The molecule has 25 heavy (non-hydrogen) atoms. The van der Waals surface area contributed by atoms with Gasteiger partial charge in [0, 0.05) is 26.2 Å². The van der Waals surface area contributed by atoms with E-state index in [1.54, 1.807) is 12.1 Å². The maximum Gasteiger partial charge on any atom is 0.248 e. The highest BCUT2D eigenvalue weighted by Gasteiger charge is 2.44. The van der Waals surface area contributed by atoms with Crippen molar-refractivity contribution in [3.63, 3.8) is 0 Å². The summed E-state index contributed by atoms with van der Waals surface area (Å²) in [5, 5.41) is 3.03. The van der Waals surface area contributed by atoms with Crippen molar-refractivity contribution in [2.75, 3.05) is 33.2 Å². The lowest BCUT2D eigenvalue weighted by Gasteiger charge is -2.39. The molecule has 1 aliphatic carbocycles. The second-order valence-electron chi connectivity index (χ2n) is 7.24. The van der Waals surface area contributed by atoms with Crippen LogP contribution in [0.2, 0.25) is 0 Å². The fourth-order valence-electron chi connectivity index (χ4n) is 3.78. The van der Waals surface area contributed by atoms with E-state index < -0.39 is 5.54 Å². The topological polar surface area (TPSA) is 52.6 Å². The van der Waals surface area contributed by atoms with Crippen molar-refractivity contribution >= 4 is 11.8 Å². The zero-order valence-corrected chi connectivity index (χ0v) is 14.8. The SMILES string of the molecule is CN1CCN(C(=O)C2(NC(=O)Cc3ccc(F)cc3)CCCC2)CC1. The molecule has 0 spiro atoms. The monoisotopic (exact) mass is 347 g/mol. The van der Waals surface area contributed by atoms with Crippen LogP contribution in [0, 0.1) is 5.82 Å². The summed E-state index contributed by atoms with van der Waals surface area (Å²) in [5.41, 5.74) is -0.00776. The molecule has 0 radical (unpaired) electrons. The van der Waals surface area contributed by atoms with Gasteiger partial charge in [-0.15, -0.1) is 0 Å². The largest absolute Gasteiger partial charge is 0.341 e. The molecule has 0 atom stereocenters. The number of likely N-dealkylation sites (N-methyl/N-ethyl adjacent to an activating group) is 1.